The van der Waals surface area contributed by atoms with Crippen LogP contribution < -0.4 is 14.8 Å². The fourth-order valence-electron chi connectivity index (χ4n) is 2.96. The van der Waals surface area contributed by atoms with Crippen molar-refractivity contribution in [1.82, 2.24) is 20.4 Å². The first-order chi connectivity index (χ1) is 12.7. The van der Waals surface area contributed by atoms with Crippen molar-refractivity contribution in [1.29, 1.82) is 0 Å². The van der Waals surface area contributed by atoms with Gasteiger partial charge in [0.25, 0.3) is 5.89 Å². The number of amides is 2. The van der Waals surface area contributed by atoms with Gasteiger partial charge in [0.05, 0.1) is 13.2 Å². The molecule has 1 N–H and O–H groups in total. The SMILES string of the molecule is CN(C[C@H]1CCOC1)C(=O)NCc1noc(-c2ccc3c(c2)OCO3)n1. The van der Waals surface area contributed by atoms with E-state index in [1.165, 1.54) is 0 Å². The molecule has 9 nitrogen and oxygen atoms in total. The second-order valence-corrected chi connectivity index (χ2v) is 6.35. The predicted octanol–water partition coefficient (Wildman–Crippen LogP) is 1.64. The lowest BCUT2D eigenvalue weighted by Crippen LogP contribution is -2.39. The van der Waals surface area contributed by atoms with Gasteiger partial charge in [-0.2, -0.15) is 4.98 Å². The Kier molecular flexibility index (Phi) is 4.61. The van der Waals surface area contributed by atoms with Crippen LogP contribution >= 0.6 is 0 Å². The van der Waals surface area contributed by atoms with Crippen LogP contribution in [0.15, 0.2) is 22.7 Å². The molecule has 2 aliphatic rings. The van der Waals surface area contributed by atoms with Crippen LogP contribution in [0.5, 0.6) is 11.5 Å². The van der Waals surface area contributed by atoms with Gasteiger partial charge in [-0.05, 0) is 24.6 Å². The summed E-state index contributed by atoms with van der Waals surface area (Å²) < 4.78 is 21.2. The van der Waals surface area contributed by atoms with Crippen molar-refractivity contribution < 1.29 is 23.5 Å². The predicted molar refractivity (Wildman–Crippen MR) is 89.6 cm³/mol. The molecule has 0 saturated carbocycles. The molecule has 0 spiro atoms. The lowest BCUT2D eigenvalue weighted by atomic mass is 10.1. The van der Waals surface area contributed by atoms with Crippen LogP contribution in [0.2, 0.25) is 0 Å². The summed E-state index contributed by atoms with van der Waals surface area (Å²) in [6, 6.07) is 5.23. The molecule has 0 bridgehead atoms. The summed E-state index contributed by atoms with van der Waals surface area (Å²) >= 11 is 0. The Labute approximate surface area is 150 Å². The van der Waals surface area contributed by atoms with Gasteiger partial charge >= 0.3 is 6.03 Å². The summed E-state index contributed by atoms with van der Waals surface area (Å²) in [5, 5.41) is 6.70. The number of fused-ring (bicyclic) bond motifs is 1. The maximum Gasteiger partial charge on any atom is 0.317 e. The molecule has 26 heavy (non-hydrogen) atoms. The number of rotatable bonds is 5. The maximum absolute atomic E-state index is 12.2. The molecule has 0 aliphatic carbocycles. The first-order valence-corrected chi connectivity index (χ1v) is 8.48. The van der Waals surface area contributed by atoms with Crippen LogP contribution in [0, 0.1) is 5.92 Å². The van der Waals surface area contributed by atoms with Gasteiger partial charge in [0.15, 0.2) is 17.3 Å². The van der Waals surface area contributed by atoms with Crippen molar-refractivity contribution in [3.05, 3.63) is 24.0 Å². The molecule has 2 aromatic rings. The number of hydrogen-bond donors (Lipinski definition) is 1. The standard InChI is InChI=1S/C17H20N4O5/c1-21(8-11-4-5-23-9-11)17(22)18-7-15-19-16(26-20-15)12-2-3-13-14(6-12)25-10-24-13/h2-3,6,11H,4-5,7-10H2,1H3,(H,18,22)/t11-/m1/s1. The Morgan fingerprint density at radius 2 is 2.23 bits per heavy atom. The van der Waals surface area contributed by atoms with Crippen LogP contribution in [0.3, 0.4) is 0 Å². The Bertz CT molecular complexity index is 787. The van der Waals surface area contributed by atoms with Gasteiger partial charge in [0, 0.05) is 31.7 Å². The summed E-state index contributed by atoms with van der Waals surface area (Å²) in [5.74, 6) is 2.51. The number of benzene rings is 1. The number of carbonyl (C=O) groups is 1. The van der Waals surface area contributed by atoms with E-state index in [0.29, 0.717) is 42.3 Å². The maximum atomic E-state index is 12.2. The van der Waals surface area contributed by atoms with Gasteiger partial charge in [-0.25, -0.2) is 4.79 Å². The summed E-state index contributed by atoms with van der Waals surface area (Å²) in [5.41, 5.74) is 0.734. The minimum absolute atomic E-state index is 0.175. The Morgan fingerprint density at radius 1 is 1.35 bits per heavy atom. The van der Waals surface area contributed by atoms with Crippen LogP contribution in [0.4, 0.5) is 4.79 Å². The molecular formula is C17H20N4O5. The number of nitrogens with zero attached hydrogens (tertiary/aromatic N) is 3. The van der Waals surface area contributed by atoms with E-state index in [1.54, 1.807) is 24.1 Å². The highest BCUT2D eigenvalue weighted by molar-refractivity contribution is 5.73. The van der Waals surface area contributed by atoms with Gasteiger partial charge in [-0.1, -0.05) is 5.16 Å². The zero-order valence-electron chi connectivity index (χ0n) is 14.4. The molecule has 138 valence electrons. The molecule has 2 amide bonds. The number of aromatic nitrogens is 2. The Morgan fingerprint density at radius 3 is 3.08 bits per heavy atom. The third-order valence-electron chi connectivity index (χ3n) is 4.39. The van der Waals surface area contributed by atoms with E-state index in [2.05, 4.69) is 15.5 Å². The van der Waals surface area contributed by atoms with E-state index in [9.17, 15) is 4.79 Å². The number of hydrogen-bond acceptors (Lipinski definition) is 7. The number of urea groups is 1. The van der Waals surface area contributed by atoms with Crippen molar-refractivity contribution in [3.63, 3.8) is 0 Å². The van der Waals surface area contributed by atoms with Gasteiger partial charge in [-0.15, -0.1) is 0 Å². The number of ether oxygens (including phenoxy) is 3. The summed E-state index contributed by atoms with van der Waals surface area (Å²) in [6.07, 6.45) is 0.987. The normalized spacial score (nSPS) is 18.1. The molecule has 3 heterocycles. The highest BCUT2D eigenvalue weighted by Crippen LogP contribution is 2.35. The van der Waals surface area contributed by atoms with Crippen molar-refractivity contribution in [3.8, 4) is 23.0 Å². The Hall–Kier alpha value is -2.81. The molecule has 0 unspecified atom stereocenters. The van der Waals surface area contributed by atoms with E-state index in [0.717, 1.165) is 18.6 Å². The summed E-state index contributed by atoms with van der Waals surface area (Å²) in [6.45, 7) is 2.55. The average Bonchev–Trinajstić information content (AvgIpc) is 3.39. The lowest BCUT2D eigenvalue weighted by molar-refractivity contribution is 0.171. The largest absolute Gasteiger partial charge is 0.454 e. The average molecular weight is 360 g/mol. The molecule has 1 aromatic carbocycles. The molecule has 1 atom stereocenters. The first-order valence-electron chi connectivity index (χ1n) is 8.48. The van der Waals surface area contributed by atoms with E-state index < -0.39 is 0 Å². The van der Waals surface area contributed by atoms with E-state index in [-0.39, 0.29) is 19.4 Å². The highest BCUT2D eigenvalue weighted by Gasteiger charge is 2.21. The van der Waals surface area contributed by atoms with Crippen molar-refractivity contribution in [2.24, 2.45) is 5.92 Å². The fraction of sp³-hybridized carbons (Fsp3) is 0.471. The minimum atomic E-state index is -0.175. The Balaban J connectivity index is 1.32. The second-order valence-electron chi connectivity index (χ2n) is 6.35. The zero-order chi connectivity index (χ0) is 17.9. The molecule has 4 rings (SSSR count). The molecular weight excluding hydrogens is 340 g/mol. The smallest absolute Gasteiger partial charge is 0.317 e. The highest BCUT2D eigenvalue weighted by atomic mass is 16.7. The lowest BCUT2D eigenvalue weighted by Gasteiger charge is -2.20. The van der Waals surface area contributed by atoms with E-state index >= 15 is 0 Å². The first kappa shape index (κ1) is 16.6. The van der Waals surface area contributed by atoms with Gasteiger partial charge in [-0.3, -0.25) is 0 Å². The van der Waals surface area contributed by atoms with Gasteiger partial charge in [0.1, 0.15) is 0 Å². The number of carbonyl (C=O) groups excluding carboxylic acids is 1. The van der Waals surface area contributed by atoms with Crippen LogP contribution in [-0.4, -0.2) is 54.7 Å². The third-order valence-corrected chi connectivity index (χ3v) is 4.39. The monoisotopic (exact) mass is 360 g/mol. The van der Waals surface area contributed by atoms with E-state index in [4.69, 9.17) is 18.7 Å². The molecule has 1 fully saturated rings. The molecule has 1 aromatic heterocycles. The molecule has 9 heteroatoms. The van der Waals surface area contributed by atoms with Crippen LogP contribution in [0.25, 0.3) is 11.5 Å². The van der Waals surface area contributed by atoms with Crippen molar-refractivity contribution in [2.75, 3.05) is 33.6 Å². The van der Waals surface area contributed by atoms with E-state index in [1.807, 2.05) is 6.07 Å². The summed E-state index contributed by atoms with van der Waals surface area (Å²) in [4.78, 5) is 18.1. The van der Waals surface area contributed by atoms with Gasteiger partial charge in [0.2, 0.25) is 6.79 Å². The van der Waals surface area contributed by atoms with Crippen molar-refractivity contribution >= 4 is 6.03 Å². The molecule has 0 radical (unpaired) electrons. The van der Waals surface area contributed by atoms with Crippen molar-refractivity contribution in [2.45, 2.75) is 13.0 Å². The number of nitrogens with one attached hydrogen (secondary N) is 1. The van der Waals surface area contributed by atoms with Crippen LogP contribution in [-0.2, 0) is 11.3 Å². The zero-order valence-corrected chi connectivity index (χ0v) is 14.4. The van der Waals surface area contributed by atoms with Gasteiger partial charge < -0.3 is 29.0 Å². The quantitative estimate of drug-likeness (QED) is 0.865. The fourth-order valence-corrected chi connectivity index (χ4v) is 2.96. The molecule has 2 aliphatic heterocycles. The van der Waals surface area contributed by atoms with Crippen LogP contribution in [0.1, 0.15) is 12.2 Å². The summed E-state index contributed by atoms with van der Waals surface area (Å²) in [7, 11) is 1.77. The molecule has 1 saturated heterocycles. The third kappa shape index (κ3) is 3.57. The topological polar surface area (TPSA) is 99.0 Å². The second kappa shape index (κ2) is 7.20. The minimum Gasteiger partial charge on any atom is -0.454 e.